The zero-order valence-electron chi connectivity index (χ0n) is 16.4. The summed E-state index contributed by atoms with van der Waals surface area (Å²) in [6.45, 7) is 1.47. The molecule has 0 atom stereocenters. The van der Waals surface area contributed by atoms with E-state index in [-0.39, 0.29) is 0 Å². The van der Waals surface area contributed by atoms with Crippen molar-refractivity contribution >= 4 is 34.5 Å². The standard InChI is InChI=1S/C21H22Cl2N2O3S/c1-26-17-8-14(9-18(27-2)21(17)28-3)19-11-25-20(29-19)12-24-7-6-13-4-5-15(22)10-16(13)23/h4-5,8-11,24H,6-7,12H2,1-3H3. The first kappa shape index (κ1) is 21.7. The molecule has 8 heteroatoms. The minimum atomic E-state index is 0.575. The molecule has 0 bridgehead atoms. The zero-order valence-corrected chi connectivity index (χ0v) is 18.7. The van der Waals surface area contributed by atoms with Crippen molar-refractivity contribution < 1.29 is 14.2 Å². The first-order chi connectivity index (χ1) is 14.0. The van der Waals surface area contributed by atoms with Crippen LogP contribution in [0.4, 0.5) is 0 Å². The van der Waals surface area contributed by atoms with E-state index in [4.69, 9.17) is 37.4 Å². The number of halogens is 2. The Morgan fingerprint density at radius 3 is 2.34 bits per heavy atom. The van der Waals surface area contributed by atoms with Crippen LogP contribution in [0.3, 0.4) is 0 Å². The van der Waals surface area contributed by atoms with Gasteiger partial charge in [-0.1, -0.05) is 29.3 Å². The number of benzene rings is 2. The van der Waals surface area contributed by atoms with Gasteiger partial charge in [0.2, 0.25) is 5.75 Å². The highest BCUT2D eigenvalue weighted by atomic mass is 35.5. The molecule has 29 heavy (non-hydrogen) atoms. The molecule has 5 nitrogen and oxygen atoms in total. The van der Waals surface area contributed by atoms with Crippen LogP contribution < -0.4 is 19.5 Å². The molecule has 0 saturated heterocycles. The maximum atomic E-state index is 6.22. The maximum absolute atomic E-state index is 6.22. The highest BCUT2D eigenvalue weighted by Gasteiger charge is 2.15. The predicted molar refractivity (Wildman–Crippen MR) is 119 cm³/mol. The van der Waals surface area contributed by atoms with Gasteiger partial charge in [-0.15, -0.1) is 11.3 Å². The van der Waals surface area contributed by atoms with E-state index in [2.05, 4.69) is 10.3 Å². The summed E-state index contributed by atoms with van der Waals surface area (Å²) in [7, 11) is 4.81. The number of nitrogens with one attached hydrogen (secondary N) is 1. The topological polar surface area (TPSA) is 52.6 Å². The van der Waals surface area contributed by atoms with Crippen molar-refractivity contribution in [1.29, 1.82) is 0 Å². The second-order valence-electron chi connectivity index (χ2n) is 6.19. The fourth-order valence-corrected chi connectivity index (χ4v) is 4.27. The van der Waals surface area contributed by atoms with Gasteiger partial charge in [0.05, 0.1) is 26.2 Å². The van der Waals surface area contributed by atoms with Gasteiger partial charge in [-0.3, -0.25) is 0 Å². The van der Waals surface area contributed by atoms with Crippen LogP contribution in [0.25, 0.3) is 10.4 Å². The Kier molecular flexibility index (Phi) is 7.61. The average molecular weight is 453 g/mol. The van der Waals surface area contributed by atoms with E-state index in [0.717, 1.165) is 34.0 Å². The van der Waals surface area contributed by atoms with E-state index in [0.29, 0.717) is 33.8 Å². The molecule has 3 aromatic rings. The number of methoxy groups -OCH3 is 3. The van der Waals surface area contributed by atoms with E-state index in [1.54, 1.807) is 38.7 Å². The third-order valence-corrected chi connectivity index (χ3v) is 6.00. The molecule has 0 aliphatic rings. The third-order valence-electron chi connectivity index (χ3n) is 4.37. The SMILES string of the molecule is COc1cc(-c2cnc(CNCCc3ccc(Cl)cc3Cl)s2)cc(OC)c1OC. The van der Waals surface area contributed by atoms with Gasteiger partial charge >= 0.3 is 0 Å². The van der Waals surface area contributed by atoms with E-state index < -0.39 is 0 Å². The molecule has 0 radical (unpaired) electrons. The lowest BCUT2D eigenvalue weighted by Crippen LogP contribution is -2.16. The molecule has 0 unspecified atom stereocenters. The maximum Gasteiger partial charge on any atom is 0.203 e. The monoisotopic (exact) mass is 452 g/mol. The van der Waals surface area contributed by atoms with Crippen LogP contribution in [0.2, 0.25) is 10.0 Å². The Bertz CT molecular complexity index is 953. The van der Waals surface area contributed by atoms with E-state index in [1.807, 2.05) is 30.5 Å². The Labute approximate surface area is 184 Å². The molecule has 1 N–H and O–H groups in total. The number of nitrogens with zero attached hydrogens (tertiary/aromatic N) is 1. The van der Waals surface area contributed by atoms with Crippen molar-refractivity contribution in [1.82, 2.24) is 10.3 Å². The lowest BCUT2D eigenvalue weighted by Gasteiger charge is -2.13. The van der Waals surface area contributed by atoms with Crippen LogP contribution in [0, 0.1) is 0 Å². The van der Waals surface area contributed by atoms with E-state index in [9.17, 15) is 0 Å². The van der Waals surface area contributed by atoms with Crippen molar-refractivity contribution in [3.8, 4) is 27.7 Å². The summed E-state index contributed by atoms with van der Waals surface area (Å²) in [5.74, 6) is 1.82. The fourth-order valence-electron chi connectivity index (χ4n) is 2.89. The summed E-state index contributed by atoms with van der Waals surface area (Å²) >= 11 is 13.8. The molecular weight excluding hydrogens is 431 g/mol. The molecule has 3 rings (SSSR count). The molecule has 154 valence electrons. The molecule has 0 spiro atoms. The minimum Gasteiger partial charge on any atom is -0.493 e. The normalized spacial score (nSPS) is 10.8. The van der Waals surface area contributed by atoms with Crippen LogP contribution in [0.5, 0.6) is 17.2 Å². The van der Waals surface area contributed by atoms with Gasteiger partial charge in [-0.2, -0.15) is 0 Å². The molecule has 1 heterocycles. The Balaban J connectivity index is 1.63. The van der Waals surface area contributed by atoms with Crippen LogP contribution in [-0.4, -0.2) is 32.9 Å². The van der Waals surface area contributed by atoms with Crippen molar-refractivity contribution in [2.24, 2.45) is 0 Å². The van der Waals surface area contributed by atoms with Gasteiger partial charge in [0.1, 0.15) is 5.01 Å². The number of ether oxygens (including phenoxy) is 3. The van der Waals surface area contributed by atoms with Crippen molar-refractivity contribution in [3.05, 3.63) is 57.1 Å². The Hall–Kier alpha value is -1.99. The molecule has 1 aromatic heterocycles. The van der Waals surface area contributed by atoms with Crippen molar-refractivity contribution in [2.45, 2.75) is 13.0 Å². The largest absolute Gasteiger partial charge is 0.493 e. The zero-order chi connectivity index (χ0) is 20.8. The number of rotatable bonds is 9. The van der Waals surface area contributed by atoms with Crippen molar-refractivity contribution in [2.75, 3.05) is 27.9 Å². The Morgan fingerprint density at radius 2 is 1.72 bits per heavy atom. The first-order valence-corrected chi connectivity index (χ1v) is 10.5. The lowest BCUT2D eigenvalue weighted by atomic mass is 10.1. The van der Waals surface area contributed by atoms with Crippen molar-refractivity contribution in [3.63, 3.8) is 0 Å². The lowest BCUT2D eigenvalue weighted by molar-refractivity contribution is 0.324. The summed E-state index contributed by atoms with van der Waals surface area (Å²) in [5, 5.41) is 5.74. The van der Waals surface area contributed by atoms with Gasteiger partial charge in [-0.05, 0) is 42.8 Å². The Morgan fingerprint density at radius 1 is 1.00 bits per heavy atom. The molecule has 0 aliphatic carbocycles. The summed E-state index contributed by atoms with van der Waals surface area (Å²) in [6.07, 6.45) is 2.68. The number of aromatic nitrogens is 1. The van der Waals surface area contributed by atoms with Gasteiger partial charge in [0.25, 0.3) is 0 Å². The fraction of sp³-hybridized carbons (Fsp3) is 0.286. The number of thiazole rings is 1. The third kappa shape index (κ3) is 5.34. The summed E-state index contributed by atoms with van der Waals surface area (Å²) < 4.78 is 16.3. The summed E-state index contributed by atoms with van der Waals surface area (Å²) in [6, 6.07) is 9.43. The predicted octanol–water partition coefficient (Wildman–Crippen LogP) is 5.48. The molecular formula is C21H22Cl2N2O3S. The molecule has 0 saturated carbocycles. The van der Waals surface area contributed by atoms with E-state index >= 15 is 0 Å². The van der Waals surface area contributed by atoms with Crippen LogP contribution in [-0.2, 0) is 13.0 Å². The minimum absolute atomic E-state index is 0.575. The second kappa shape index (κ2) is 10.2. The van der Waals surface area contributed by atoms with Gasteiger partial charge in [0.15, 0.2) is 11.5 Å². The van der Waals surface area contributed by atoms with Gasteiger partial charge < -0.3 is 19.5 Å². The number of hydrogen-bond donors (Lipinski definition) is 1. The smallest absolute Gasteiger partial charge is 0.203 e. The number of hydrogen-bond acceptors (Lipinski definition) is 6. The summed E-state index contributed by atoms with van der Waals surface area (Å²) in [5.41, 5.74) is 2.04. The van der Waals surface area contributed by atoms with Crippen LogP contribution >= 0.6 is 34.5 Å². The van der Waals surface area contributed by atoms with Crippen LogP contribution in [0.15, 0.2) is 36.5 Å². The van der Waals surface area contributed by atoms with Gasteiger partial charge in [-0.25, -0.2) is 4.98 Å². The highest BCUT2D eigenvalue weighted by Crippen LogP contribution is 2.42. The second-order valence-corrected chi connectivity index (χ2v) is 8.15. The van der Waals surface area contributed by atoms with Gasteiger partial charge in [0, 0.05) is 28.4 Å². The highest BCUT2D eigenvalue weighted by molar-refractivity contribution is 7.15. The molecule has 0 amide bonds. The first-order valence-electron chi connectivity index (χ1n) is 8.95. The van der Waals surface area contributed by atoms with Crippen LogP contribution in [0.1, 0.15) is 10.6 Å². The quantitative estimate of drug-likeness (QED) is 0.435. The average Bonchev–Trinajstić information content (AvgIpc) is 3.20. The molecule has 0 fully saturated rings. The molecule has 2 aromatic carbocycles. The summed E-state index contributed by atoms with van der Waals surface area (Å²) in [4.78, 5) is 5.55. The molecule has 0 aliphatic heterocycles. The van der Waals surface area contributed by atoms with E-state index in [1.165, 1.54) is 0 Å².